The van der Waals surface area contributed by atoms with Crippen molar-refractivity contribution in [2.75, 3.05) is 5.75 Å². The van der Waals surface area contributed by atoms with Gasteiger partial charge in [0.25, 0.3) is 5.56 Å². The van der Waals surface area contributed by atoms with Crippen molar-refractivity contribution >= 4 is 22.8 Å². The van der Waals surface area contributed by atoms with Crippen LogP contribution in [0.2, 0.25) is 0 Å². The molecule has 21 heavy (non-hydrogen) atoms. The first kappa shape index (κ1) is 13.9. The third-order valence-corrected chi connectivity index (χ3v) is 4.16. The van der Waals surface area contributed by atoms with Crippen molar-refractivity contribution in [3.8, 4) is 0 Å². The second-order valence-corrected chi connectivity index (χ2v) is 5.94. The first-order chi connectivity index (χ1) is 10.2. The predicted octanol–water partition coefficient (Wildman–Crippen LogP) is 2.68. The molecule has 0 atom stereocenters. The van der Waals surface area contributed by atoms with E-state index in [1.54, 1.807) is 24.9 Å². The molecule has 5 nitrogen and oxygen atoms in total. The van der Waals surface area contributed by atoms with Crippen molar-refractivity contribution in [2.45, 2.75) is 24.9 Å². The molecule has 0 saturated heterocycles. The maximum Gasteiger partial charge on any atom is 0.254 e. The summed E-state index contributed by atoms with van der Waals surface area (Å²) >= 11 is 1.56. The molecule has 6 heteroatoms. The van der Waals surface area contributed by atoms with Gasteiger partial charge in [0.2, 0.25) is 0 Å². The average Bonchev–Trinajstić information content (AvgIpc) is 2.90. The van der Waals surface area contributed by atoms with E-state index in [0.29, 0.717) is 10.7 Å². The molecule has 0 aliphatic rings. The van der Waals surface area contributed by atoms with Crippen molar-refractivity contribution in [3.05, 3.63) is 52.2 Å². The lowest BCUT2D eigenvalue weighted by molar-refractivity contribution is 0.861. The van der Waals surface area contributed by atoms with Crippen molar-refractivity contribution in [3.63, 3.8) is 0 Å². The van der Waals surface area contributed by atoms with Crippen molar-refractivity contribution < 1.29 is 0 Å². The third kappa shape index (κ3) is 3.33. The topological polar surface area (TPSA) is 74.4 Å². The lowest BCUT2D eigenvalue weighted by Crippen LogP contribution is -2.11. The van der Waals surface area contributed by atoms with Crippen LogP contribution in [-0.4, -0.2) is 25.7 Å². The summed E-state index contributed by atoms with van der Waals surface area (Å²) in [6.45, 7) is 1.75. The highest BCUT2D eigenvalue weighted by atomic mass is 32.2. The van der Waals surface area contributed by atoms with Gasteiger partial charge in [-0.1, -0.05) is 23.9 Å². The van der Waals surface area contributed by atoms with Gasteiger partial charge < -0.3 is 9.97 Å². The molecule has 0 aliphatic carbocycles. The summed E-state index contributed by atoms with van der Waals surface area (Å²) in [5.74, 6) is 1.89. The van der Waals surface area contributed by atoms with Gasteiger partial charge in [-0.2, -0.15) is 0 Å². The molecule has 3 aromatic rings. The Bertz CT molecular complexity index is 776. The van der Waals surface area contributed by atoms with Gasteiger partial charge in [-0.3, -0.25) is 4.79 Å². The van der Waals surface area contributed by atoms with Crippen LogP contribution in [0, 0.1) is 6.92 Å². The highest BCUT2D eigenvalue weighted by Crippen LogP contribution is 2.15. The Morgan fingerprint density at radius 1 is 1.24 bits per heavy atom. The van der Waals surface area contributed by atoms with Gasteiger partial charge >= 0.3 is 0 Å². The van der Waals surface area contributed by atoms with Crippen LogP contribution in [-0.2, 0) is 6.42 Å². The molecule has 2 N–H and O–H groups in total. The summed E-state index contributed by atoms with van der Waals surface area (Å²) in [4.78, 5) is 26.3. The quantitative estimate of drug-likeness (QED) is 0.431. The van der Waals surface area contributed by atoms with Crippen molar-refractivity contribution in [1.82, 2.24) is 19.9 Å². The molecule has 0 bridgehead atoms. The molecule has 0 radical (unpaired) electrons. The second-order valence-electron chi connectivity index (χ2n) is 4.85. The van der Waals surface area contributed by atoms with Gasteiger partial charge in [-0.05, 0) is 25.5 Å². The number of aromatic amines is 2. The number of hydrogen-bond acceptors (Lipinski definition) is 4. The Balaban J connectivity index is 1.54. The fraction of sp³-hybridized carbons (Fsp3) is 0.267. The van der Waals surface area contributed by atoms with E-state index < -0.39 is 0 Å². The first-order valence-corrected chi connectivity index (χ1v) is 7.83. The number of rotatable bonds is 5. The molecule has 2 heterocycles. The monoisotopic (exact) mass is 300 g/mol. The maximum atomic E-state index is 11.5. The standard InChI is InChI=1S/C15H16N4OS/c1-10-9-16-15(19-14(10)20)21-8-4-7-13-17-11-5-2-3-6-12(11)18-13/h2-3,5-6,9H,4,7-8H2,1H3,(H,17,18)(H,16,19,20). The zero-order chi connectivity index (χ0) is 14.7. The van der Waals surface area contributed by atoms with E-state index in [-0.39, 0.29) is 5.56 Å². The Kier molecular flexibility index (Phi) is 4.06. The van der Waals surface area contributed by atoms with Gasteiger partial charge in [-0.25, -0.2) is 9.97 Å². The molecular weight excluding hydrogens is 284 g/mol. The largest absolute Gasteiger partial charge is 0.342 e. The summed E-state index contributed by atoms with van der Waals surface area (Å²) in [5, 5.41) is 0.676. The van der Waals surface area contributed by atoms with E-state index in [9.17, 15) is 4.79 Å². The summed E-state index contributed by atoms with van der Waals surface area (Å²) < 4.78 is 0. The Morgan fingerprint density at radius 2 is 2.10 bits per heavy atom. The Morgan fingerprint density at radius 3 is 2.90 bits per heavy atom. The molecule has 2 aromatic heterocycles. The molecule has 1 aromatic carbocycles. The maximum absolute atomic E-state index is 11.5. The minimum absolute atomic E-state index is 0.0650. The summed E-state index contributed by atoms with van der Waals surface area (Å²) in [7, 11) is 0. The van der Waals surface area contributed by atoms with Crippen molar-refractivity contribution in [2.24, 2.45) is 0 Å². The fourth-order valence-corrected chi connectivity index (χ4v) is 2.82. The zero-order valence-corrected chi connectivity index (χ0v) is 12.5. The molecule has 0 saturated carbocycles. The summed E-state index contributed by atoms with van der Waals surface area (Å²) in [6, 6.07) is 8.02. The minimum atomic E-state index is -0.0650. The van der Waals surface area contributed by atoms with Gasteiger partial charge in [0.1, 0.15) is 5.82 Å². The van der Waals surface area contributed by atoms with Gasteiger partial charge in [0.05, 0.1) is 11.0 Å². The molecule has 0 spiro atoms. The van der Waals surface area contributed by atoms with E-state index >= 15 is 0 Å². The molecule has 3 rings (SSSR count). The van der Waals surface area contributed by atoms with Crippen LogP contribution >= 0.6 is 11.8 Å². The van der Waals surface area contributed by atoms with E-state index in [2.05, 4.69) is 19.9 Å². The van der Waals surface area contributed by atoms with Crippen LogP contribution in [0.25, 0.3) is 11.0 Å². The molecule has 0 aliphatic heterocycles. The number of fused-ring (bicyclic) bond motifs is 1. The fourth-order valence-electron chi connectivity index (χ4n) is 2.05. The van der Waals surface area contributed by atoms with Gasteiger partial charge in [-0.15, -0.1) is 0 Å². The summed E-state index contributed by atoms with van der Waals surface area (Å²) in [5.41, 5.74) is 2.65. The molecule has 108 valence electrons. The predicted molar refractivity (Wildman–Crippen MR) is 84.7 cm³/mol. The number of nitrogens with zero attached hydrogens (tertiary/aromatic N) is 2. The molecule has 0 unspecified atom stereocenters. The lowest BCUT2D eigenvalue weighted by atomic mass is 10.3. The van der Waals surface area contributed by atoms with Gasteiger partial charge in [0, 0.05) is 23.9 Å². The molecule has 0 fully saturated rings. The highest BCUT2D eigenvalue weighted by Gasteiger charge is 2.03. The van der Waals surface area contributed by atoms with Crippen LogP contribution in [0.15, 0.2) is 40.4 Å². The first-order valence-electron chi connectivity index (χ1n) is 6.85. The normalized spacial score (nSPS) is 11.1. The SMILES string of the molecule is Cc1cnc(SCCCc2nc3ccccc3[nH]2)[nH]c1=O. The smallest absolute Gasteiger partial charge is 0.254 e. The number of thioether (sulfide) groups is 1. The number of aryl methyl sites for hydroxylation is 2. The third-order valence-electron chi connectivity index (χ3n) is 3.19. The average molecular weight is 300 g/mol. The Labute approximate surface area is 126 Å². The van der Waals surface area contributed by atoms with Crippen LogP contribution in [0.5, 0.6) is 0 Å². The number of H-pyrrole nitrogens is 2. The minimum Gasteiger partial charge on any atom is -0.342 e. The number of nitrogens with one attached hydrogen (secondary N) is 2. The highest BCUT2D eigenvalue weighted by molar-refractivity contribution is 7.99. The number of para-hydroxylation sites is 2. The number of hydrogen-bond donors (Lipinski definition) is 2. The van der Waals surface area contributed by atoms with Crippen molar-refractivity contribution in [1.29, 1.82) is 0 Å². The van der Waals surface area contributed by atoms with E-state index in [1.807, 2.05) is 24.3 Å². The van der Waals surface area contributed by atoms with Crippen LogP contribution in [0.3, 0.4) is 0 Å². The van der Waals surface area contributed by atoms with Crippen LogP contribution < -0.4 is 5.56 Å². The van der Waals surface area contributed by atoms with Gasteiger partial charge in [0.15, 0.2) is 5.16 Å². The Hall–Kier alpha value is -2.08. The van der Waals surface area contributed by atoms with E-state index in [0.717, 1.165) is 35.5 Å². The second kappa shape index (κ2) is 6.13. The van der Waals surface area contributed by atoms with Crippen LogP contribution in [0.4, 0.5) is 0 Å². The molecule has 0 amide bonds. The van der Waals surface area contributed by atoms with E-state index in [4.69, 9.17) is 0 Å². The zero-order valence-electron chi connectivity index (χ0n) is 11.7. The number of imidazole rings is 1. The molecular formula is C15H16N4OS. The van der Waals surface area contributed by atoms with Crippen LogP contribution in [0.1, 0.15) is 17.8 Å². The summed E-state index contributed by atoms with van der Waals surface area (Å²) in [6.07, 6.45) is 3.47. The lowest BCUT2D eigenvalue weighted by Gasteiger charge is -2.00. The number of benzene rings is 1. The number of aromatic nitrogens is 4. The van der Waals surface area contributed by atoms with E-state index in [1.165, 1.54) is 0 Å².